The molecular weight excluding hydrogens is 284 g/mol. The Balaban J connectivity index is 1.93. The average molecular weight is 316 g/mol. The summed E-state index contributed by atoms with van der Waals surface area (Å²) in [7, 11) is 0. The van der Waals surface area contributed by atoms with Gasteiger partial charge in [0.25, 0.3) is 0 Å². The summed E-state index contributed by atoms with van der Waals surface area (Å²) in [6.07, 6.45) is 15.4. The van der Waals surface area contributed by atoms with Crippen LogP contribution in [0.3, 0.4) is 0 Å². The first-order valence-corrected chi connectivity index (χ1v) is 9.61. The normalized spacial score (nSPS) is 24.3. The third kappa shape index (κ3) is 5.16. The molecule has 1 fully saturated rings. The van der Waals surface area contributed by atoms with Gasteiger partial charge in [0.05, 0.1) is 0 Å². The maximum Gasteiger partial charge on any atom is 0.228 e. The van der Waals surface area contributed by atoms with Gasteiger partial charge in [0, 0.05) is 0 Å². The molecular formula is C21H32O2. The number of hydrogen-bond acceptors (Lipinski definition) is 2. The van der Waals surface area contributed by atoms with Crippen LogP contribution in [0.15, 0.2) is 23.8 Å². The van der Waals surface area contributed by atoms with Gasteiger partial charge in [-0.1, -0.05) is 51.7 Å². The summed E-state index contributed by atoms with van der Waals surface area (Å²) < 4.78 is 0. The molecule has 0 spiro atoms. The van der Waals surface area contributed by atoms with Crippen molar-refractivity contribution in [1.82, 2.24) is 0 Å². The minimum Gasteiger partial charge on any atom is -0.285 e. The molecule has 2 nitrogen and oxygen atoms in total. The van der Waals surface area contributed by atoms with Crippen LogP contribution in [0, 0.1) is 11.8 Å². The Kier molecular flexibility index (Phi) is 7.26. The molecule has 0 amide bonds. The molecule has 2 rings (SSSR count). The Labute approximate surface area is 141 Å². The summed E-state index contributed by atoms with van der Waals surface area (Å²) in [5, 5.41) is 0. The summed E-state index contributed by atoms with van der Waals surface area (Å²) in [5.74, 6) is 0.663. The van der Waals surface area contributed by atoms with E-state index in [-0.39, 0.29) is 11.6 Å². The molecule has 0 aromatic carbocycles. The molecule has 2 unspecified atom stereocenters. The van der Waals surface area contributed by atoms with Gasteiger partial charge >= 0.3 is 0 Å². The van der Waals surface area contributed by atoms with Crippen molar-refractivity contribution in [2.24, 2.45) is 11.8 Å². The zero-order valence-corrected chi connectivity index (χ0v) is 14.7. The van der Waals surface area contributed by atoms with Gasteiger partial charge in [0.2, 0.25) is 11.6 Å². The van der Waals surface area contributed by atoms with Gasteiger partial charge in [0.1, 0.15) is 0 Å². The second-order valence-electron chi connectivity index (χ2n) is 7.36. The first kappa shape index (κ1) is 18.2. The van der Waals surface area contributed by atoms with Gasteiger partial charge in [-0.3, -0.25) is 9.59 Å². The third-order valence-corrected chi connectivity index (χ3v) is 5.56. The van der Waals surface area contributed by atoms with Crippen molar-refractivity contribution in [3.8, 4) is 0 Å². The van der Waals surface area contributed by atoms with E-state index in [1.807, 2.05) is 0 Å². The maximum absolute atomic E-state index is 12.6. The highest BCUT2D eigenvalue weighted by molar-refractivity contribution is 6.48. The van der Waals surface area contributed by atoms with Crippen LogP contribution < -0.4 is 0 Å². The van der Waals surface area contributed by atoms with E-state index in [1.165, 1.54) is 44.9 Å². The van der Waals surface area contributed by atoms with Crippen molar-refractivity contribution in [3.05, 3.63) is 23.8 Å². The highest BCUT2D eigenvalue weighted by atomic mass is 16.2. The van der Waals surface area contributed by atoms with Crippen molar-refractivity contribution in [3.63, 3.8) is 0 Å². The van der Waals surface area contributed by atoms with Crippen molar-refractivity contribution >= 4 is 11.6 Å². The number of carbonyl (C=O) groups excluding carboxylic acids is 2. The van der Waals surface area contributed by atoms with E-state index in [2.05, 4.69) is 19.6 Å². The van der Waals surface area contributed by atoms with E-state index in [0.717, 1.165) is 37.2 Å². The van der Waals surface area contributed by atoms with Crippen LogP contribution in [0.5, 0.6) is 0 Å². The van der Waals surface area contributed by atoms with E-state index in [1.54, 1.807) is 0 Å². The van der Waals surface area contributed by atoms with Crippen LogP contribution in [0.4, 0.5) is 0 Å². The minimum atomic E-state index is -0.331. The highest BCUT2D eigenvalue weighted by Crippen LogP contribution is 2.38. The molecule has 23 heavy (non-hydrogen) atoms. The Bertz CT molecular complexity index is 472. The van der Waals surface area contributed by atoms with Crippen LogP contribution in [0.25, 0.3) is 0 Å². The second kappa shape index (κ2) is 9.20. The number of hydrogen-bond donors (Lipinski definition) is 0. The molecule has 2 aliphatic rings. The zero-order chi connectivity index (χ0) is 16.7. The SMILES string of the molecule is C=C(CCCCCC)C(=O)C(=O)C1=CC2CCCCC2CCC1. The smallest absolute Gasteiger partial charge is 0.228 e. The molecule has 0 aliphatic heterocycles. The Morgan fingerprint density at radius 2 is 1.83 bits per heavy atom. The molecule has 0 N–H and O–H groups in total. The van der Waals surface area contributed by atoms with Crippen molar-refractivity contribution in [2.75, 3.05) is 0 Å². The predicted octanol–water partition coefficient (Wildman–Crippen LogP) is 5.57. The van der Waals surface area contributed by atoms with Gasteiger partial charge in [-0.25, -0.2) is 0 Å². The topological polar surface area (TPSA) is 34.1 Å². The van der Waals surface area contributed by atoms with Crippen molar-refractivity contribution in [1.29, 1.82) is 0 Å². The van der Waals surface area contributed by atoms with Gasteiger partial charge < -0.3 is 0 Å². The highest BCUT2D eigenvalue weighted by Gasteiger charge is 2.29. The largest absolute Gasteiger partial charge is 0.285 e. The van der Waals surface area contributed by atoms with Gasteiger partial charge in [-0.2, -0.15) is 0 Å². The van der Waals surface area contributed by atoms with Crippen molar-refractivity contribution < 1.29 is 9.59 Å². The summed E-state index contributed by atoms with van der Waals surface area (Å²) in [5.41, 5.74) is 1.29. The van der Waals surface area contributed by atoms with Crippen LogP contribution in [0.2, 0.25) is 0 Å². The lowest BCUT2D eigenvalue weighted by Gasteiger charge is -2.28. The van der Waals surface area contributed by atoms with Crippen LogP contribution in [-0.4, -0.2) is 11.6 Å². The number of carbonyl (C=O) groups is 2. The number of rotatable bonds is 8. The maximum atomic E-state index is 12.6. The average Bonchev–Trinajstić information content (AvgIpc) is 2.79. The summed E-state index contributed by atoms with van der Waals surface area (Å²) >= 11 is 0. The molecule has 1 saturated carbocycles. The van der Waals surface area contributed by atoms with E-state index in [0.29, 0.717) is 17.9 Å². The first-order chi connectivity index (χ1) is 11.1. The molecule has 2 heteroatoms. The van der Waals surface area contributed by atoms with Crippen LogP contribution in [0.1, 0.15) is 84.0 Å². The number of allylic oxidation sites excluding steroid dienone is 3. The zero-order valence-electron chi connectivity index (χ0n) is 14.7. The van der Waals surface area contributed by atoms with Crippen LogP contribution >= 0.6 is 0 Å². The molecule has 0 heterocycles. The van der Waals surface area contributed by atoms with Crippen molar-refractivity contribution in [2.45, 2.75) is 84.0 Å². The Hall–Kier alpha value is -1.18. The quantitative estimate of drug-likeness (QED) is 0.333. The standard InChI is InChI=1S/C21H32O2/c1-3-4-5-6-10-16(2)20(22)21(23)19-14-9-13-17-11-7-8-12-18(17)15-19/h15,17-18H,2-14H2,1H3. The fourth-order valence-electron chi connectivity index (χ4n) is 4.08. The monoisotopic (exact) mass is 316 g/mol. The molecule has 0 radical (unpaired) electrons. The molecule has 0 aromatic heterocycles. The molecule has 0 aromatic rings. The number of unbranched alkanes of at least 4 members (excludes halogenated alkanes) is 3. The molecule has 128 valence electrons. The molecule has 2 aliphatic carbocycles. The van der Waals surface area contributed by atoms with Gasteiger partial charge in [-0.15, -0.1) is 0 Å². The third-order valence-electron chi connectivity index (χ3n) is 5.56. The second-order valence-corrected chi connectivity index (χ2v) is 7.36. The van der Waals surface area contributed by atoms with E-state index >= 15 is 0 Å². The number of ketones is 2. The van der Waals surface area contributed by atoms with E-state index < -0.39 is 0 Å². The Morgan fingerprint density at radius 1 is 1.09 bits per heavy atom. The van der Waals surface area contributed by atoms with Crippen LogP contribution in [-0.2, 0) is 9.59 Å². The van der Waals surface area contributed by atoms with E-state index in [4.69, 9.17) is 0 Å². The lowest BCUT2D eigenvalue weighted by atomic mass is 9.77. The first-order valence-electron chi connectivity index (χ1n) is 9.61. The lowest BCUT2D eigenvalue weighted by molar-refractivity contribution is -0.132. The molecule has 2 atom stereocenters. The molecule has 0 saturated heterocycles. The molecule has 0 bridgehead atoms. The predicted molar refractivity (Wildman–Crippen MR) is 95.3 cm³/mol. The lowest BCUT2D eigenvalue weighted by Crippen LogP contribution is -2.20. The summed E-state index contributed by atoms with van der Waals surface area (Å²) in [6, 6.07) is 0. The fraction of sp³-hybridized carbons (Fsp3) is 0.714. The van der Waals surface area contributed by atoms with Gasteiger partial charge in [0.15, 0.2) is 0 Å². The number of fused-ring (bicyclic) bond motifs is 1. The van der Waals surface area contributed by atoms with E-state index in [9.17, 15) is 9.59 Å². The summed E-state index contributed by atoms with van der Waals surface area (Å²) in [4.78, 5) is 25.0. The number of Topliss-reactive ketones (excluding diaryl/α,β-unsaturated/α-hetero) is 2. The summed E-state index contributed by atoms with van der Waals surface area (Å²) in [6.45, 7) is 6.04. The van der Waals surface area contributed by atoms with Gasteiger partial charge in [-0.05, 0) is 67.9 Å². The Morgan fingerprint density at radius 3 is 2.61 bits per heavy atom. The minimum absolute atomic E-state index is 0.267. The fourth-order valence-corrected chi connectivity index (χ4v) is 4.08.